The topological polar surface area (TPSA) is 84.3 Å². The lowest BCUT2D eigenvalue weighted by Gasteiger charge is -2.21. The zero-order valence-corrected chi connectivity index (χ0v) is 18.0. The molecule has 0 unspecified atom stereocenters. The molecule has 162 valence electrons. The number of nitrogens with one attached hydrogen (secondary N) is 1. The first-order valence-corrected chi connectivity index (χ1v) is 11.4. The molecule has 0 atom stereocenters. The van der Waals surface area contributed by atoms with E-state index in [0.29, 0.717) is 12.1 Å². The first-order valence-electron chi connectivity index (χ1n) is 9.99. The minimum atomic E-state index is -3.65. The maximum Gasteiger partial charge on any atom is 0.251 e. The van der Waals surface area contributed by atoms with Gasteiger partial charge in [-0.15, -0.1) is 6.58 Å². The fraction of sp³-hybridized carbons (Fsp3) is 0.217. The Morgan fingerprint density at radius 2 is 1.87 bits per heavy atom. The van der Waals surface area contributed by atoms with Crippen LogP contribution in [0.5, 0.6) is 0 Å². The lowest BCUT2D eigenvalue weighted by molar-refractivity contribution is 0.0952. The highest BCUT2D eigenvalue weighted by Gasteiger charge is 2.23. The molecule has 0 fully saturated rings. The third-order valence-electron chi connectivity index (χ3n) is 4.73. The highest BCUT2D eigenvalue weighted by molar-refractivity contribution is 7.89. The lowest BCUT2D eigenvalue weighted by atomic mass is 10.1. The van der Waals surface area contributed by atoms with Crippen molar-refractivity contribution in [3.8, 4) is 0 Å². The summed E-state index contributed by atoms with van der Waals surface area (Å²) in [5.41, 5.74) is 1.32. The second kappa shape index (κ2) is 10.7. The number of imidazole rings is 1. The Morgan fingerprint density at radius 1 is 1.13 bits per heavy atom. The second-order valence-corrected chi connectivity index (χ2v) is 8.94. The van der Waals surface area contributed by atoms with Gasteiger partial charge in [0.25, 0.3) is 5.91 Å². The Hall–Kier alpha value is -3.23. The zero-order chi connectivity index (χ0) is 22.1. The molecule has 0 aliphatic carbocycles. The monoisotopic (exact) mass is 438 g/mol. The van der Waals surface area contributed by atoms with Crippen LogP contribution >= 0.6 is 0 Å². The van der Waals surface area contributed by atoms with Crippen molar-refractivity contribution in [1.29, 1.82) is 0 Å². The molecule has 3 aromatic rings. The van der Waals surface area contributed by atoms with Gasteiger partial charge in [0.05, 0.1) is 11.2 Å². The van der Waals surface area contributed by atoms with Crippen molar-refractivity contribution in [3.05, 3.63) is 97.1 Å². The molecule has 0 radical (unpaired) electrons. The predicted octanol–water partition coefficient (Wildman–Crippen LogP) is 3.08. The van der Waals surface area contributed by atoms with Crippen LogP contribution in [0.4, 0.5) is 0 Å². The van der Waals surface area contributed by atoms with Gasteiger partial charge in [0.15, 0.2) is 0 Å². The summed E-state index contributed by atoms with van der Waals surface area (Å²) in [5.74, 6) is -0.156. The number of sulfonamides is 1. The molecule has 1 aromatic heterocycles. The Kier molecular flexibility index (Phi) is 7.75. The van der Waals surface area contributed by atoms with E-state index in [1.165, 1.54) is 4.31 Å². The summed E-state index contributed by atoms with van der Waals surface area (Å²) >= 11 is 0. The zero-order valence-electron chi connectivity index (χ0n) is 17.2. The van der Waals surface area contributed by atoms with Crippen molar-refractivity contribution in [1.82, 2.24) is 19.2 Å². The van der Waals surface area contributed by atoms with Gasteiger partial charge in [0.1, 0.15) is 0 Å². The maximum absolute atomic E-state index is 12.9. The van der Waals surface area contributed by atoms with Crippen LogP contribution in [0.15, 0.2) is 90.9 Å². The van der Waals surface area contributed by atoms with Crippen LogP contribution < -0.4 is 5.32 Å². The van der Waals surface area contributed by atoms with Crippen molar-refractivity contribution in [2.24, 2.45) is 0 Å². The molecular formula is C23H26N4O3S. The number of hydrogen-bond donors (Lipinski definition) is 1. The SMILES string of the molecule is C=CCN(Cc1ccc(C(=O)NCCCn2ccnc2)cc1)S(=O)(=O)c1ccccc1. The van der Waals surface area contributed by atoms with E-state index in [9.17, 15) is 13.2 Å². The molecule has 3 rings (SSSR count). The largest absolute Gasteiger partial charge is 0.352 e. The molecule has 0 aliphatic heterocycles. The van der Waals surface area contributed by atoms with E-state index in [1.807, 2.05) is 10.8 Å². The van der Waals surface area contributed by atoms with Gasteiger partial charge >= 0.3 is 0 Å². The van der Waals surface area contributed by atoms with Crippen LogP contribution in [0, 0.1) is 0 Å². The van der Waals surface area contributed by atoms with Crippen molar-refractivity contribution in [2.75, 3.05) is 13.1 Å². The fourth-order valence-electron chi connectivity index (χ4n) is 3.08. The van der Waals surface area contributed by atoms with E-state index in [1.54, 1.807) is 73.2 Å². The van der Waals surface area contributed by atoms with E-state index in [4.69, 9.17) is 0 Å². The number of aromatic nitrogens is 2. The molecule has 2 aromatic carbocycles. The van der Waals surface area contributed by atoms with E-state index >= 15 is 0 Å². The Balaban J connectivity index is 1.59. The predicted molar refractivity (Wildman–Crippen MR) is 120 cm³/mol. The average molecular weight is 439 g/mol. The standard InChI is InChI=1S/C23H26N4O3S/c1-2-15-27(31(29,30)22-7-4-3-5-8-22)18-20-9-11-21(12-10-20)23(28)25-13-6-16-26-17-14-24-19-26/h2-5,7-12,14,17,19H,1,6,13,15-16,18H2,(H,25,28). The van der Waals surface area contributed by atoms with E-state index in [2.05, 4.69) is 16.9 Å². The summed E-state index contributed by atoms with van der Waals surface area (Å²) in [6.07, 6.45) is 7.71. The molecule has 1 N–H and O–H groups in total. The first kappa shape index (κ1) is 22.5. The van der Waals surface area contributed by atoms with Gasteiger partial charge in [-0.05, 0) is 36.2 Å². The molecule has 1 heterocycles. The van der Waals surface area contributed by atoms with Gasteiger partial charge in [-0.3, -0.25) is 4.79 Å². The van der Waals surface area contributed by atoms with Crippen molar-refractivity contribution >= 4 is 15.9 Å². The molecule has 31 heavy (non-hydrogen) atoms. The van der Waals surface area contributed by atoms with Crippen molar-refractivity contribution in [2.45, 2.75) is 24.4 Å². The summed E-state index contributed by atoms with van der Waals surface area (Å²) in [6, 6.07) is 15.3. The van der Waals surface area contributed by atoms with E-state index in [-0.39, 0.29) is 23.9 Å². The van der Waals surface area contributed by atoms with Crippen LogP contribution in [-0.4, -0.2) is 41.3 Å². The highest BCUT2D eigenvalue weighted by atomic mass is 32.2. The summed E-state index contributed by atoms with van der Waals surface area (Å²) in [7, 11) is -3.65. The number of aryl methyl sites for hydroxylation is 1. The molecule has 0 saturated heterocycles. The summed E-state index contributed by atoms with van der Waals surface area (Å²) in [5, 5.41) is 2.90. The first-order chi connectivity index (χ1) is 15.0. The molecule has 0 spiro atoms. The Bertz CT molecular complexity index is 1080. The van der Waals surface area contributed by atoms with Gasteiger partial charge in [0, 0.05) is 44.1 Å². The van der Waals surface area contributed by atoms with Crippen LogP contribution in [0.1, 0.15) is 22.3 Å². The third kappa shape index (κ3) is 6.13. The highest BCUT2D eigenvalue weighted by Crippen LogP contribution is 2.18. The van der Waals surface area contributed by atoms with Gasteiger partial charge in [-0.2, -0.15) is 4.31 Å². The minimum absolute atomic E-state index is 0.156. The number of rotatable bonds is 11. The molecule has 0 aliphatic rings. The summed E-state index contributed by atoms with van der Waals surface area (Å²) in [6.45, 7) is 5.40. The molecule has 0 saturated carbocycles. The fourth-order valence-corrected chi connectivity index (χ4v) is 4.50. The Labute approximate surface area is 183 Å². The summed E-state index contributed by atoms with van der Waals surface area (Å²) < 4.78 is 29.2. The average Bonchev–Trinajstić information content (AvgIpc) is 3.31. The lowest BCUT2D eigenvalue weighted by Crippen LogP contribution is -2.31. The molecule has 1 amide bonds. The van der Waals surface area contributed by atoms with Crippen LogP contribution in [-0.2, 0) is 23.1 Å². The number of amides is 1. The van der Waals surface area contributed by atoms with Gasteiger partial charge < -0.3 is 9.88 Å². The Morgan fingerprint density at radius 3 is 2.52 bits per heavy atom. The number of carbonyl (C=O) groups is 1. The van der Waals surface area contributed by atoms with Crippen molar-refractivity contribution < 1.29 is 13.2 Å². The molecule has 0 bridgehead atoms. The van der Waals surface area contributed by atoms with Gasteiger partial charge in [0.2, 0.25) is 10.0 Å². The smallest absolute Gasteiger partial charge is 0.251 e. The number of carbonyl (C=O) groups excluding carboxylic acids is 1. The second-order valence-electron chi connectivity index (χ2n) is 7.01. The normalized spacial score (nSPS) is 11.4. The van der Waals surface area contributed by atoms with Crippen LogP contribution in [0.2, 0.25) is 0 Å². The molecule has 8 heteroatoms. The third-order valence-corrected chi connectivity index (χ3v) is 6.55. The number of nitrogens with zero attached hydrogens (tertiary/aromatic N) is 3. The quantitative estimate of drug-likeness (QED) is 0.368. The van der Waals surface area contributed by atoms with Crippen LogP contribution in [0.3, 0.4) is 0 Å². The molecule has 7 nitrogen and oxygen atoms in total. The van der Waals surface area contributed by atoms with Gasteiger partial charge in [-0.25, -0.2) is 13.4 Å². The minimum Gasteiger partial charge on any atom is -0.352 e. The van der Waals surface area contributed by atoms with Gasteiger partial charge in [-0.1, -0.05) is 36.4 Å². The van der Waals surface area contributed by atoms with E-state index < -0.39 is 10.0 Å². The summed E-state index contributed by atoms with van der Waals surface area (Å²) in [4.78, 5) is 16.6. The molecular weight excluding hydrogens is 412 g/mol. The number of benzene rings is 2. The maximum atomic E-state index is 12.9. The van der Waals surface area contributed by atoms with E-state index in [0.717, 1.165) is 18.5 Å². The number of hydrogen-bond acceptors (Lipinski definition) is 4. The van der Waals surface area contributed by atoms with Crippen molar-refractivity contribution in [3.63, 3.8) is 0 Å². The van der Waals surface area contributed by atoms with Crippen LogP contribution in [0.25, 0.3) is 0 Å².